The molecule has 4 aromatic rings. The molecular weight excluding hydrogens is 722 g/mol. The van der Waals surface area contributed by atoms with Gasteiger partial charge in [-0.15, -0.1) is 0 Å². The van der Waals surface area contributed by atoms with Gasteiger partial charge in [0.15, 0.2) is 0 Å². The topological polar surface area (TPSA) is 17.1 Å². The average molecular weight is 744 g/mol. The van der Waals surface area contributed by atoms with E-state index in [2.05, 4.69) is 145 Å². The number of hydrogen-bond acceptors (Lipinski definition) is 1. The summed E-state index contributed by atoms with van der Waals surface area (Å²) in [6.45, 7) is 0. The third kappa shape index (κ3) is 19.1. The zero-order valence-electron chi connectivity index (χ0n) is 17.7. The van der Waals surface area contributed by atoms with Crippen molar-refractivity contribution in [1.29, 1.82) is 0 Å². The van der Waals surface area contributed by atoms with Crippen molar-refractivity contribution in [3.05, 3.63) is 121 Å². The fourth-order valence-corrected chi connectivity index (χ4v) is 4.52. The second-order valence-electron chi connectivity index (χ2n) is 5.99. The third-order valence-corrected chi connectivity index (χ3v) is 6.16. The second kappa shape index (κ2) is 23.2. The predicted octanol–water partition coefficient (Wildman–Crippen LogP) is 7.59. The van der Waals surface area contributed by atoms with Gasteiger partial charge in [-0.05, 0) is 44.4 Å². The first kappa shape index (κ1) is 33.8. The monoisotopic (exact) mass is 744 g/mol. The molecule has 0 spiro atoms. The molecule has 0 unspecified atom stereocenters. The first-order valence-corrected chi connectivity index (χ1v) is 16.7. The zero-order valence-corrected chi connectivity index (χ0v) is 26.2. The van der Waals surface area contributed by atoms with Gasteiger partial charge in [-0.25, -0.2) is 0 Å². The van der Waals surface area contributed by atoms with E-state index in [-0.39, 0.29) is 34.6 Å². The molecule has 0 amide bonds. The molecule has 4 aromatic carbocycles. The van der Waals surface area contributed by atoms with Crippen LogP contribution in [-0.2, 0) is 34.6 Å². The molecule has 0 bridgehead atoms. The number of carbonyl (C=O) groups is 1. The Morgan fingerprint density at radius 1 is 0.500 bits per heavy atom. The van der Waals surface area contributed by atoms with Crippen LogP contribution in [0.2, 0.25) is 0 Å². The van der Waals surface area contributed by atoms with Crippen molar-refractivity contribution >= 4 is 85.7 Å². The van der Waals surface area contributed by atoms with Crippen molar-refractivity contribution < 1.29 is 39.4 Å². The number of halogens is 4. The maximum atomic E-state index is 8.98. The van der Waals surface area contributed by atoms with E-state index < -0.39 is 4.70 Å². The van der Waals surface area contributed by atoms with Crippen LogP contribution in [0, 0.1) is 0 Å². The Labute approximate surface area is 244 Å². The summed E-state index contributed by atoms with van der Waals surface area (Å²) in [5.41, 5.74) is 0. The molecule has 0 aliphatic heterocycles. The van der Waals surface area contributed by atoms with Crippen LogP contribution < -0.4 is 21.2 Å². The van der Waals surface area contributed by atoms with Crippen molar-refractivity contribution in [3.63, 3.8) is 0 Å². The molecule has 34 heavy (non-hydrogen) atoms. The molecule has 182 valence electrons. The van der Waals surface area contributed by atoms with Gasteiger partial charge in [-0.1, -0.05) is 138 Å². The molecule has 0 aromatic heterocycles. The summed E-state index contributed by atoms with van der Waals surface area (Å²) < 4.78 is -0.889. The molecule has 0 heterocycles. The standard InChI is InChI=1S/2C12H11P.CCl2O.2ClH.2Ru/c2*1-3-7-11(8-4-1)13-12-9-5-2-6-10-12;2-1(3)4;;;;/h2*1-10,13H;;2*1H;;/q;;;;;;+2/p-2. The summed E-state index contributed by atoms with van der Waals surface area (Å²) in [4.78, 5) is 8.98. The molecule has 0 aliphatic carbocycles. The Bertz CT molecular complexity index is 844. The number of hydrogen-bond donors (Lipinski definition) is 0. The molecule has 4 rings (SSSR count). The third-order valence-electron chi connectivity index (χ3n) is 3.67. The smallest absolute Gasteiger partial charge is 0 e. The molecule has 0 radical (unpaired) electrons. The van der Waals surface area contributed by atoms with E-state index in [9.17, 15) is 0 Å². The molecule has 0 saturated carbocycles. The van der Waals surface area contributed by atoms with Gasteiger partial charge in [0.2, 0.25) is 0 Å². The van der Waals surface area contributed by atoms with E-state index in [4.69, 9.17) is 24.2 Å². The summed E-state index contributed by atoms with van der Waals surface area (Å²) in [6.07, 6.45) is 0. The van der Waals surface area contributed by atoms with Crippen molar-refractivity contribution in [2.75, 3.05) is 0 Å². The number of rotatable bonds is 4. The zero-order chi connectivity index (χ0) is 24.2. The van der Waals surface area contributed by atoms with Gasteiger partial charge in [0.05, 0.1) is 0 Å². The van der Waals surface area contributed by atoms with Crippen LogP contribution in [0.5, 0.6) is 0 Å². The van der Waals surface area contributed by atoms with Crippen LogP contribution in [0.4, 0.5) is 4.79 Å². The van der Waals surface area contributed by atoms with Crippen molar-refractivity contribution in [1.82, 2.24) is 0 Å². The summed E-state index contributed by atoms with van der Waals surface area (Å²) >= 11 is 8.46. The second-order valence-corrected chi connectivity index (χ2v) is 12.3. The minimum atomic E-state index is -0.889. The van der Waals surface area contributed by atoms with E-state index >= 15 is 0 Å². The van der Waals surface area contributed by atoms with E-state index in [0.717, 1.165) is 17.2 Å². The van der Waals surface area contributed by atoms with Crippen LogP contribution in [-0.4, -0.2) is 4.70 Å². The minimum absolute atomic E-state index is 0. The Morgan fingerprint density at radius 2 is 0.647 bits per heavy atom. The Kier molecular flexibility index (Phi) is 23.1. The van der Waals surface area contributed by atoms with Crippen LogP contribution in [0.25, 0.3) is 0 Å². The van der Waals surface area contributed by atoms with Gasteiger partial charge in [0.1, 0.15) is 0 Å². The molecule has 9 heteroatoms. The molecule has 0 fully saturated rings. The van der Waals surface area contributed by atoms with Crippen molar-refractivity contribution in [3.8, 4) is 0 Å². The van der Waals surface area contributed by atoms with E-state index in [0.29, 0.717) is 0 Å². The normalized spacial score (nSPS) is 8.94. The summed E-state index contributed by atoms with van der Waals surface area (Å²) in [7, 11) is 11.3. The fraction of sp³-hybridized carbons (Fsp3) is 0. The van der Waals surface area contributed by atoms with Gasteiger partial charge < -0.3 is 0 Å². The molecule has 0 aliphatic rings. The van der Waals surface area contributed by atoms with E-state index in [1.807, 2.05) is 0 Å². The molecule has 0 saturated heterocycles. The minimum Gasteiger partial charge on any atom is -0.0622 e. The SMILES string of the molecule is O=C(Cl)Cl.[Cl][Ru][Cl].[Ru].c1ccc(Pc2ccccc2)cc1.c1ccc(Pc2ccccc2)cc1. The van der Waals surface area contributed by atoms with E-state index in [1.165, 1.54) is 21.2 Å². The van der Waals surface area contributed by atoms with Crippen LogP contribution in [0.15, 0.2) is 121 Å². The molecule has 0 atom stereocenters. The summed E-state index contributed by atoms with van der Waals surface area (Å²) in [5, 5.41) is 5.59. The van der Waals surface area contributed by atoms with Gasteiger partial charge in [0, 0.05) is 19.5 Å². The fourth-order valence-electron chi connectivity index (χ4n) is 2.42. The van der Waals surface area contributed by atoms with Gasteiger partial charge >= 0.3 is 39.2 Å². The Morgan fingerprint density at radius 3 is 0.794 bits per heavy atom. The Hall–Kier alpha value is -0.183. The number of carbonyl (C=O) groups excluding carboxylic acids is 1. The maximum Gasteiger partial charge on any atom is 0 e. The first-order chi connectivity index (χ1) is 16.0. The van der Waals surface area contributed by atoms with Gasteiger partial charge in [0.25, 0.3) is 0 Å². The number of benzene rings is 4. The van der Waals surface area contributed by atoms with Gasteiger partial charge in [-0.2, -0.15) is 0 Å². The van der Waals surface area contributed by atoms with Crippen molar-refractivity contribution in [2.45, 2.75) is 0 Å². The molecule has 1 nitrogen and oxygen atoms in total. The van der Waals surface area contributed by atoms with Gasteiger partial charge in [-0.3, -0.25) is 4.79 Å². The molecular formula is C25H22Cl4OP2Ru2. The van der Waals surface area contributed by atoms with Crippen molar-refractivity contribution in [2.24, 2.45) is 0 Å². The predicted molar refractivity (Wildman–Crippen MR) is 150 cm³/mol. The Balaban J connectivity index is 0.000000494. The van der Waals surface area contributed by atoms with E-state index in [1.54, 1.807) is 0 Å². The largest absolute Gasteiger partial charge is 0.0622 e. The first-order valence-electron chi connectivity index (χ1n) is 9.49. The molecule has 0 N–H and O–H groups in total. The van der Waals surface area contributed by atoms with Crippen LogP contribution in [0.3, 0.4) is 0 Å². The summed E-state index contributed by atoms with van der Waals surface area (Å²) in [6, 6.07) is 42.3. The van der Waals surface area contributed by atoms with Crippen LogP contribution >= 0.6 is 59.7 Å². The maximum absolute atomic E-state index is 8.98. The van der Waals surface area contributed by atoms with Crippen LogP contribution in [0.1, 0.15) is 0 Å². The average Bonchev–Trinajstić information content (AvgIpc) is 2.82. The summed E-state index contributed by atoms with van der Waals surface area (Å²) in [5.74, 6) is 0. The quantitative estimate of drug-likeness (QED) is 0.120.